The molecule has 0 aliphatic rings. The Morgan fingerprint density at radius 2 is 1.52 bits per heavy atom. The molecule has 0 fully saturated rings. The molecule has 0 aliphatic carbocycles. The van der Waals surface area contributed by atoms with E-state index in [4.69, 9.17) is 4.74 Å². The van der Waals surface area contributed by atoms with E-state index in [1.165, 1.54) is 30.4 Å². The van der Waals surface area contributed by atoms with Gasteiger partial charge in [0, 0.05) is 0 Å². The molecule has 0 heterocycles. The molecular formula is C19H27NO. The average molecular weight is 285 g/mol. The molecule has 0 aliphatic heterocycles. The van der Waals surface area contributed by atoms with Crippen LogP contribution in [0.2, 0.25) is 0 Å². The molecule has 0 saturated carbocycles. The van der Waals surface area contributed by atoms with Crippen molar-refractivity contribution in [2.24, 2.45) is 0 Å². The van der Waals surface area contributed by atoms with Gasteiger partial charge in [-0.25, -0.2) is 0 Å². The average Bonchev–Trinajstić information content (AvgIpc) is 2.56. The highest BCUT2D eigenvalue weighted by molar-refractivity contribution is 5.85. The Kier molecular flexibility index (Phi) is 7.55. The van der Waals surface area contributed by atoms with Crippen LogP contribution < -0.4 is 4.74 Å². The van der Waals surface area contributed by atoms with Gasteiger partial charge in [-0.15, -0.1) is 0 Å². The second-order valence-corrected chi connectivity index (χ2v) is 4.80. The highest BCUT2D eigenvalue weighted by Crippen LogP contribution is 2.21. The molecule has 0 atom stereocenters. The van der Waals surface area contributed by atoms with E-state index in [1.807, 2.05) is 18.2 Å². The number of fused-ring (bicyclic) bond motifs is 1. The largest absolute Gasteiger partial charge is 0.497 e. The number of hydrogen-bond acceptors (Lipinski definition) is 2. The summed E-state index contributed by atoms with van der Waals surface area (Å²) in [5.41, 5.74) is 1.14. The molecule has 0 unspecified atom stereocenters. The molecule has 2 nitrogen and oxygen atoms in total. The van der Waals surface area contributed by atoms with E-state index in [0.29, 0.717) is 0 Å². The van der Waals surface area contributed by atoms with Crippen LogP contribution in [0.4, 0.5) is 0 Å². The minimum Gasteiger partial charge on any atom is -0.497 e. The van der Waals surface area contributed by atoms with Gasteiger partial charge in [0.05, 0.1) is 7.11 Å². The van der Waals surface area contributed by atoms with E-state index in [0.717, 1.165) is 11.3 Å². The summed E-state index contributed by atoms with van der Waals surface area (Å²) >= 11 is 0. The Bertz CT molecular complexity index is 553. The van der Waals surface area contributed by atoms with Gasteiger partial charge in [0.1, 0.15) is 5.75 Å². The molecule has 0 radical (unpaired) electrons. The summed E-state index contributed by atoms with van der Waals surface area (Å²) in [5, 5.41) is 2.40. The molecule has 2 aromatic carbocycles. The van der Waals surface area contributed by atoms with Gasteiger partial charge in [0.25, 0.3) is 0 Å². The van der Waals surface area contributed by atoms with E-state index < -0.39 is 0 Å². The van der Waals surface area contributed by atoms with Gasteiger partial charge in [-0.1, -0.05) is 51.6 Å². The Labute approximate surface area is 129 Å². The molecule has 0 bridgehead atoms. The summed E-state index contributed by atoms with van der Waals surface area (Å²) in [6.45, 7) is 13.9. The van der Waals surface area contributed by atoms with Crippen molar-refractivity contribution in [3.8, 4) is 5.75 Å². The van der Waals surface area contributed by atoms with Gasteiger partial charge >= 0.3 is 0 Å². The molecule has 2 heteroatoms. The predicted octanol–water partition coefficient (Wildman–Crippen LogP) is 4.84. The van der Waals surface area contributed by atoms with Gasteiger partial charge in [-0.3, -0.25) is 0 Å². The first-order chi connectivity index (χ1) is 10.2. The number of nitrogens with zero attached hydrogens (tertiary/aromatic N) is 1. The van der Waals surface area contributed by atoms with Crippen LogP contribution in [0.25, 0.3) is 16.8 Å². The number of ether oxygens (including phenoxy) is 1. The third kappa shape index (κ3) is 5.24. The zero-order valence-corrected chi connectivity index (χ0v) is 13.7. The predicted molar refractivity (Wildman–Crippen MR) is 94.1 cm³/mol. The lowest BCUT2D eigenvalue weighted by atomic mass is 10.1. The van der Waals surface area contributed by atoms with E-state index in [1.54, 1.807) is 7.11 Å². The molecule has 2 aromatic rings. The quantitative estimate of drug-likeness (QED) is 0.779. The molecule has 114 valence electrons. The van der Waals surface area contributed by atoms with Crippen LogP contribution in [0.1, 0.15) is 26.3 Å². The number of methoxy groups -OCH3 is 1. The van der Waals surface area contributed by atoms with Crippen molar-refractivity contribution in [2.75, 3.05) is 26.7 Å². The smallest absolute Gasteiger partial charge is 0.119 e. The minimum atomic E-state index is 0.892. The van der Waals surface area contributed by atoms with E-state index in [9.17, 15) is 0 Å². The second-order valence-electron chi connectivity index (χ2n) is 4.80. The molecule has 2 rings (SSSR count). The molecule has 21 heavy (non-hydrogen) atoms. The van der Waals surface area contributed by atoms with Crippen molar-refractivity contribution in [3.05, 3.63) is 48.5 Å². The third-order valence-electron chi connectivity index (χ3n) is 3.65. The van der Waals surface area contributed by atoms with Crippen molar-refractivity contribution in [3.63, 3.8) is 0 Å². The number of benzene rings is 2. The summed E-state index contributed by atoms with van der Waals surface area (Å²) in [7, 11) is 1.68. The lowest BCUT2D eigenvalue weighted by molar-refractivity contribution is 0.321. The van der Waals surface area contributed by atoms with Crippen molar-refractivity contribution in [1.29, 1.82) is 0 Å². The Morgan fingerprint density at radius 1 is 0.952 bits per heavy atom. The highest BCUT2D eigenvalue weighted by atomic mass is 16.5. The fraction of sp³-hybridized carbons (Fsp3) is 0.368. The van der Waals surface area contributed by atoms with Gasteiger partial charge in [-0.2, -0.15) is 0 Å². The standard InChI is InChI=1S/C13H12O.C6H15N/c1-3-10-4-5-12-9-13(14-2)7-6-11(12)8-10;1-4-7(5-2)6-3/h3-9H,1H2,2H3;4-6H2,1-3H3. The maximum atomic E-state index is 5.16. The number of hydrogen-bond donors (Lipinski definition) is 0. The van der Waals surface area contributed by atoms with Crippen LogP contribution in [0.5, 0.6) is 5.75 Å². The van der Waals surface area contributed by atoms with Crippen LogP contribution in [-0.2, 0) is 0 Å². The van der Waals surface area contributed by atoms with Crippen molar-refractivity contribution in [2.45, 2.75) is 20.8 Å². The molecule has 0 aromatic heterocycles. The number of rotatable bonds is 5. The van der Waals surface area contributed by atoms with Gasteiger partial charge in [0.15, 0.2) is 0 Å². The summed E-state index contributed by atoms with van der Waals surface area (Å²) in [5.74, 6) is 0.892. The molecule has 0 N–H and O–H groups in total. The normalized spacial score (nSPS) is 10.1. The van der Waals surface area contributed by atoms with Crippen LogP contribution in [0, 0.1) is 0 Å². The maximum Gasteiger partial charge on any atom is 0.119 e. The zero-order chi connectivity index (χ0) is 15.7. The summed E-state index contributed by atoms with van der Waals surface area (Å²) in [4.78, 5) is 2.38. The van der Waals surface area contributed by atoms with Crippen molar-refractivity contribution < 1.29 is 4.74 Å². The first-order valence-corrected chi connectivity index (χ1v) is 7.61. The zero-order valence-electron chi connectivity index (χ0n) is 13.7. The topological polar surface area (TPSA) is 12.5 Å². The lowest BCUT2D eigenvalue weighted by Crippen LogP contribution is -2.21. The minimum absolute atomic E-state index is 0.892. The SMILES string of the molecule is C=Cc1ccc2cc(OC)ccc2c1.CCN(CC)CC. The Hall–Kier alpha value is -1.80. The highest BCUT2D eigenvalue weighted by Gasteiger charge is 1.96. The molecular weight excluding hydrogens is 258 g/mol. The van der Waals surface area contributed by atoms with Crippen LogP contribution in [-0.4, -0.2) is 31.6 Å². The van der Waals surface area contributed by atoms with Crippen LogP contribution in [0.3, 0.4) is 0 Å². The van der Waals surface area contributed by atoms with Gasteiger partial charge in [-0.05, 0) is 54.2 Å². The van der Waals surface area contributed by atoms with Gasteiger partial charge in [0.2, 0.25) is 0 Å². The van der Waals surface area contributed by atoms with E-state index in [2.05, 4.69) is 56.5 Å². The summed E-state index contributed by atoms with van der Waals surface area (Å²) in [6, 6.07) is 12.3. The Balaban J connectivity index is 0.000000270. The molecule has 0 amide bonds. The van der Waals surface area contributed by atoms with Crippen molar-refractivity contribution >= 4 is 16.8 Å². The maximum absolute atomic E-state index is 5.16. The van der Waals surface area contributed by atoms with Crippen molar-refractivity contribution in [1.82, 2.24) is 4.90 Å². The van der Waals surface area contributed by atoms with Gasteiger partial charge < -0.3 is 9.64 Å². The molecule has 0 saturated heterocycles. The first kappa shape index (κ1) is 17.3. The summed E-state index contributed by atoms with van der Waals surface area (Å²) in [6.07, 6.45) is 1.85. The third-order valence-corrected chi connectivity index (χ3v) is 3.65. The van der Waals surface area contributed by atoms with E-state index in [-0.39, 0.29) is 0 Å². The molecule has 0 spiro atoms. The second kappa shape index (κ2) is 9.19. The monoisotopic (exact) mass is 285 g/mol. The first-order valence-electron chi connectivity index (χ1n) is 7.61. The van der Waals surface area contributed by atoms with Crippen LogP contribution in [0.15, 0.2) is 43.0 Å². The fourth-order valence-corrected chi connectivity index (χ4v) is 2.17. The van der Waals surface area contributed by atoms with Crippen LogP contribution >= 0.6 is 0 Å². The van der Waals surface area contributed by atoms with E-state index >= 15 is 0 Å². The Morgan fingerprint density at radius 3 is 2.00 bits per heavy atom. The lowest BCUT2D eigenvalue weighted by Gasteiger charge is -2.13. The fourth-order valence-electron chi connectivity index (χ4n) is 2.17. The summed E-state index contributed by atoms with van der Waals surface area (Å²) < 4.78 is 5.16.